The van der Waals surface area contributed by atoms with E-state index in [-0.39, 0.29) is 0 Å². The van der Waals surface area contributed by atoms with Gasteiger partial charge in [-0.2, -0.15) is 0 Å². The third kappa shape index (κ3) is 4.74. The van der Waals surface area contributed by atoms with Crippen LogP contribution in [0.5, 0.6) is 0 Å². The summed E-state index contributed by atoms with van der Waals surface area (Å²) in [6.07, 6.45) is 19.8. The van der Waals surface area contributed by atoms with Gasteiger partial charge in [-0.1, -0.05) is 66.4 Å². The van der Waals surface area contributed by atoms with Gasteiger partial charge >= 0.3 is 0 Å². The average molecular weight is 239 g/mol. The molecule has 1 heteroatoms. The smallest absolute Gasteiger partial charge is 0.0168 e. The zero-order chi connectivity index (χ0) is 11.1. The summed E-state index contributed by atoms with van der Waals surface area (Å²) in [4.78, 5) is 0. The predicted molar refractivity (Wildman–Crippen MR) is 74.5 cm³/mol. The van der Waals surface area contributed by atoms with E-state index >= 15 is 0 Å². The van der Waals surface area contributed by atoms with Crippen LogP contribution in [0.1, 0.15) is 83.5 Å². The molecule has 16 heavy (non-hydrogen) atoms. The zero-order valence-electron chi connectivity index (χ0n) is 10.8. The summed E-state index contributed by atoms with van der Waals surface area (Å²) in [6.45, 7) is 0. The Hall–Kier alpha value is 0.430. The second-order valence-electron chi connectivity index (χ2n) is 5.79. The van der Waals surface area contributed by atoms with Crippen molar-refractivity contribution in [2.24, 2.45) is 0 Å². The molecule has 93 valence electrons. The van der Waals surface area contributed by atoms with Gasteiger partial charge < -0.3 is 0 Å². The maximum atomic E-state index is 1.85. The van der Waals surface area contributed by atoms with E-state index in [1.165, 1.54) is 83.5 Å². The topological polar surface area (TPSA) is 0 Å². The lowest BCUT2D eigenvalue weighted by molar-refractivity contribution is 0.508. The van der Waals surface area contributed by atoms with Gasteiger partial charge in [0.2, 0.25) is 0 Å². The van der Waals surface area contributed by atoms with Gasteiger partial charge in [-0.15, -0.1) is 0 Å². The van der Waals surface area contributed by atoms with E-state index in [9.17, 15) is 0 Å². The summed E-state index contributed by atoms with van der Waals surface area (Å²) in [5, 5.41) is 0. The van der Waals surface area contributed by atoms with Crippen LogP contribution in [0.3, 0.4) is 0 Å². The lowest BCUT2D eigenvalue weighted by Crippen LogP contribution is -2.12. The fourth-order valence-corrected chi connectivity index (χ4v) is 5.21. The third-order valence-electron chi connectivity index (χ3n) is 4.32. The molecule has 0 aromatic heterocycles. The fourth-order valence-electron chi connectivity index (χ4n) is 3.29. The number of hydrogen-bond acceptors (Lipinski definition) is 0. The molecule has 0 bridgehead atoms. The van der Waals surface area contributed by atoms with Crippen LogP contribution in [0.4, 0.5) is 0 Å². The van der Waals surface area contributed by atoms with Crippen molar-refractivity contribution in [2.45, 2.75) is 94.8 Å². The van der Waals surface area contributed by atoms with Crippen LogP contribution >= 0.6 is 8.58 Å². The number of rotatable bonds is 2. The van der Waals surface area contributed by atoms with Crippen molar-refractivity contribution >= 4 is 8.58 Å². The first-order chi connectivity index (χ1) is 7.95. The summed E-state index contributed by atoms with van der Waals surface area (Å²) in [5.74, 6) is 0. The Labute approximate surface area is 104 Å². The van der Waals surface area contributed by atoms with Crippen LogP contribution in [-0.2, 0) is 0 Å². The minimum atomic E-state index is 1.07. The minimum absolute atomic E-state index is 1.07. The first-order valence-corrected chi connectivity index (χ1v) is 8.68. The van der Waals surface area contributed by atoms with Crippen molar-refractivity contribution in [3.63, 3.8) is 0 Å². The molecule has 2 rings (SSSR count). The Bertz CT molecular complexity index is 162. The SMILES string of the molecule is C1CCCCC([P]C2CCCCC2)CCC1. The summed E-state index contributed by atoms with van der Waals surface area (Å²) < 4.78 is 0. The molecule has 0 heterocycles. The highest BCUT2D eigenvalue weighted by atomic mass is 31.1. The molecule has 0 aromatic carbocycles. The van der Waals surface area contributed by atoms with Gasteiger partial charge in [0.15, 0.2) is 0 Å². The van der Waals surface area contributed by atoms with Crippen LogP contribution in [0.15, 0.2) is 0 Å². The molecule has 1 radical (unpaired) electrons. The van der Waals surface area contributed by atoms with Gasteiger partial charge in [-0.05, 0) is 37.0 Å². The highest BCUT2D eigenvalue weighted by Gasteiger charge is 2.19. The van der Waals surface area contributed by atoms with E-state index in [0.717, 1.165) is 11.3 Å². The van der Waals surface area contributed by atoms with Gasteiger partial charge in [0.25, 0.3) is 0 Å². The van der Waals surface area contributed by atoms with Gasteiger partial charge in [0, 0.05) is 0 Å². The quantitative estimate of drug-likeness (QED) is 0.537. The normalized spacial score (nSPS) is 27.8. The van der Waals surface area contributed by atoms with E-state index < -0.39 is 0 Å². The zero-order valence-corrected chi connectivity index (χ0v) is 11.7. The molecule has 0 nitrogen and oxygen atoms in total. The molecular weight excluding hydrogens is 211 g/mol. The van der Waals surface area contributed by atoms with Crippen molar-refractivity contribution in [1.29, 1.82) is 0 Å². The van der Waals surface area contributed by atoms with Crippen LogP contribution < -0.4 is 0 Å². The monoisotopic (exact) mass is 239 g/mol. The van der Waals surface area contributed by atoms with Gasteiger partial charge in [-0.3, -0.25) is 0 Å². The van der Waals surface area contributed by atoms with Gasteiger partial charge in [0.05, 0.1) is 0 Å². The molecular formula is C15H28P. The Morgan fingerprint density at radius 3 is 1.19 bits per heavy atom. The van der Waals surface area contributed by atoms with Crippen LogP contribution in [0.2, 0.25) is 0 Å². The summed E-state index contributed by atoms with van der Waals surface area (Å²) >= 11 is 0. The molecule has 2 aliphatic rings. The third-order valence-corrected chi connectivity index (χ3v) is 6.20. The largest absolute Gasteiger partial charge is 0.0741 e. The van der Waals surface area contributed by atoms with E-state index in [1.807, 2.05) is 8.58 Å². The molecule has 0 amide bonds. The maximum absolute atomic E-state index is 1.85. The second-order valence-corrected chi connectivity index (χ2v) is 7.55. The summed E-state index contributed by atoms with van der Waals surface area (Å²) in [5.41, 5.74) is 2.15. The van der Waals surface area contributed by atoms with Crippen LogP contribution in [0, 0.1) is 0 Å². The Balaban J connectivity index is 1.71. The van der Waals surface area contributed by atoms with Crippen molar-refractivity contribution in [2.75, 3.05) is 0 Å². The Morgan fingerprint density at radius 2 is 0.750 bits per heavy atom. The molecule has 0 N–H and O–H groups in total. The van der Waals surface area contributed by atoms with Gasteiger partial charge in [0.1, 0.15) is 0 Å². The number of hydrogen-bond donors (Lipinski definition) is 0. The van der Waals surface area contributed by atoms with Crippen LogP contribution in [-0.4, -0.2) is 11.3 Å². The molecule has 0 saturated heterocycles. The van der Waals surface area contributed by atoms with Crippen LogP contribution in [0.25, 0.3) is 0 Å². The highest BCUT2D eigenvalue weighted by Crippen LogP contribution is 2.40. The molecule has 2 fully saturated rings. The van der Waals surface area contributed by atoms with Crippen molar-refractivity contribution < 1.29 is 0 Å². The standard InChI is InChI=1S/C15H28P/c1-2-4-7-11-14(10-6-3-1)16-15-12-8-5-9-13-15/h14-15H,1-13H2. The predicted octanol–water partition coefficient (Wildman–Crippen LogP) is 5.77. The second kappa shape index (κ2) is 7.70. The summed E-state index contributed by atoms with van der Waals surface area (Å²) in [7, 11) is 1.85. The first-order valence-electron chi connectivity index (χ1n) is 7.65. The van der Waals surface area contributed by atoms with Crippen molar-refractivity contribution in [3.8, 4) is 0 Å². The summed E-state index contributed by atoms with van der Waals surface area (Å²) in [6, 6.07) is 0. The molecule has 2 aliphatic carbocycles. The molecule has 0 aliphatic heterocycles. The van der Waals surface area contributed by atoms with E-state index in [4.69, 9.17) is 0 Å². The molecule has 0 atom stereocenters. The van der Waals surface area contributed by atoms with Gasteiger partial charge in [-0.25, -0.2) is 0 Å². The van der Waals surface area contributed by atoms with E-state index in [1.54, 1.807) is 0 Å². The molecule has 0 aromatic rings. The first kappa shape index (κ1) is 12.9. The molecule has 2 saturated carbocycles. The Kier molecular flexibility index (Phi) is 6.19. The van der Waals surface area contributed by atoms with Crippen molar-refractivity contribution in [3.05, 3.63) is 0 Å². The maximum Gasteiger partial charge on any atom is -0.0168 e. The van der Waals surface area contributed by atoms with Crippen molar-refractivity contribution in [1.82, 2.24) is 0 Å². The fraction of sp³-hybridized carbons (Fsp3) is 1.00. The average Bonchev–Trinajstić information content (AvgIpc) is 2.45. The van der Waals surface area contributed by atoms with E-state index in [0.29, 0.717) is 0 Å². The highest BCUT2D eigenvalue weighted by molar-refractivity contribution is 7.39. The Morgan fingerprint density at radius 1 is 0.438 bits per heavy atom. The minimum Gasteiger partial charge on any atom is -0.0741 e. The molecule has 0 spiro atoms. The lowest BCUT2D eigenvalue weighted by Gasteiger charge is -2.25. The molecule has 0 unspecified atom stereocenters. The van der Waals surface area contributed by atoms with E-state index in [2.05, 4.69) is 0 Å². The lowest BCUT2D eigenvalue weighted by atomic mass is 10.0.